The van der Waals surface area contributed by atoms with E-state index in [-0.39, 0.29) is 0 Å². The van der Waals surface area contributed by atoms with E-state index >= 15 is 0 Å². The summed E-state index contributed by atoms with van der Waals surface area (Å²) in [5, 5.41) is 7.42. The first-order chi connectivity index (χ1) is 9.84. The summed E-state index contributed by atoms with van der Waals surface area (Å²) in [7, 11) is 0. The normalized spacial score (nSPS) is 30.6. The average molecular weight is 272 g/mol. The van der Waals surface area contributed by atoms with Crippen LogP contribution in [0.1, 0.15) is 56.2 Å². The van der Waals surface area contributed by atoms with Crippen LogP contribution in [0.5, 0.6) is 0 Å². The van der Waals surface area contributed by atoms with Gasteiger partial charge >= 0.3 is 0 Å². The van der Waals surface area contributed by atoms with Crippen molar-refractivity contribution in [2.45, 2.75) is 51.6 Å². The van der Waals surface area contributed by atoms with E-state index < -0.39 is 0 Å². The molecule has 1 aromatic rings. The van der Waals surface area contributed by atoms with E-state index in [1.807, 2.05) is 0 Å². The topological polar surface area (TPSA) is 24.1 Å². The fraction of sp³-hybridized carbons (Fsp3) is 0.667. The Kier molecular flexibility index (Phi) is 4.74. The first-order valence-electron chi connectivity index (χ1n) is 8.36. The van der Waals surface area contributed by atoms with Crippen molar-refractivity contribution < 1.29 is 0 Å². The van der Waals surface area contributed by atoms with Crippen LogP contribution in [-0.4, -0.2) is 13.1 Å². The standard InChI is InChI=1S/C18H28N2/c1-14-6-2-3-7-15(14)13-20-18-10-11-19-12-16-8-4-5-9-17(16)18/h4-5,8-9,14-15,18-20H,2-3,6-7,10-13H2,1H3. The molecule has 2 N–H and O–H groups in total. The van der Waals surface area contributed by atoms with Gasteiger partial charge in [-0.1, -0.05) is 50.5 Å². The number of benzene rings is 1. The molecule has 2 heteroatoms. The molecule has 1 heterocycles. The smallest absolute Gasteiger partial charge is 0.0335 e. The van der Waals surface area contributed by atoms with Gasteiger partial charge in [0.2, 0.25) is 0 Å². The predicted molar refractivity (Wildman–Crippen MR) is 84.6 cm³/mol. The van der Waals surface area contributed by atoms with Gasteiger partial charge in [0.1, 0.15) is 0 Å². The minimum atomic E-state index is 0.537. The first-order valence-corrected chi connectivity index (χ1v) is 8.36. The van der Waals surface area contributed by atoms with Gasteiger partial charge in [-0.05, 0) is 48.9 Å². The zero-order valence-electron chi connectivity index (χ0n) is 12.7. The van der Waals surface area contributed by atoms with Crippen molar-refractivity contribution in [3.05, 3.63) is 35.4 Å². The second-order valence-electron chi connectivity index (χ2n) is 6.65. The van der Waals surface area contributed by atoms with Gasteiger partial charge in [-0.15, -0.1) is 0 Å². The molecular weight excluding hydrogens is 244 g/mol. The molecule has 0 saturated heterocycles. The van der Waals surface area contributed by atoms with Crippen molar-refractivity contribution >= 4 is 0 Å². The zero-order chi connectivity index (χ0) is 13.8. The van der Waals surface area contributed by atoms with E-state index in [2.05, 4.69) is 41.8 Å². The van der Waals surface area contributed by atoms with Crippen molar-refractivity contribution in [2.24, 2.45) is 11.8 Å². The molecule has 1 saturated carbocycles. The van der Waals surface area contributed by atoms with Crippen LogP contribution >= 0.6 is 0 Å². The van der Waals surface area contributed by atoms with Crippen LogP contribution in [-0.2, 0) is 6.54 Å². The lowest BCUT2D eigenvalue weighted by Gasteiger charge is -2.31. The Hall–Kier alpha value is -0.860. The maximum absolute atomic E-state index is 3.88. The maximum Gasteiger partial charge on any atom is 0.0335 e. The lowest BCUT2D eigenvalue weighted by molar-refractivity contribution is 0.239. The van der Waals surface area contributed by atoms with Gasteiger partial charge in [-0.2, -0.15) is 0 Å². The van der Waals surface area contributed by atoms with Gasteiger partial charge in [-0.25, -0.2) is 0 Å². The van der Waals surface area contributed by atoms with Crippen molar-refractivity contribution in [3.8, 4) is 0 Å². The van der Waals surface area contributed by atoms with Crippen LogP contribution in [0, 0.1) is 11.8 Å². The first kappa shape index (κ1) is 14.1. The number of hydrogen-bond acceptors (Lipinski definition) is 2. The zero-order valence-corrected chi connectivity index (χ0v) is 12.7. The largest absolute Gasteiger partial charge is 0.313 e. The molecular formula is C18H28N2. The Morgan fingerprint density at radius 3 is 2.90 bits per heavy atom. The van der Waals surface area contributed by atoms with E-state index in [1.165, 1.54) is 49.8 Å². The van der Waals surface area contributed by atoms with Gasteiger partial charge in [0.25, 0.3) is 0 Å². The molecule has 0 aromatic heterocycles. The minimum absolute atomic E-state index is 0.537. The summed E-state index contributed by atoms with van der Waals surface area (Å²) in [6.45, 7) is 5.77. The molecule has 1 fully saturated rings. The van der Waals surface area contributed by atoms with Crippen molar-refractivity contribution in [1.29, 1.82) is 0 Å². The third-order valence-corrected chi connectivity index (χ3v) is 5.27. The number of rotatable bonds is 3. The van der Waals surface area contributed by atoms with Crippen LogP contribution in [0.15, 0.2) is 24.3 Å². The molecule has 3 atom stereocenters. The summed E-state index contributed by atoms with van der Waals surface area (Å²) in [5.74, 6) is 1.78. The summed E-state index contributed by atoms with van der Waals surface area (Å²) in [4.78, 5) is 0. The second-order valence-corrected chi connectivity index (χ2v) is 6.65. The molecule has 3 unspecified atom stereocenters. The Morgan fingerprint density at radius 2 is 2.00 bits per heavy atom. The molecule has 3 rings (SSSR count). The highest BCUT2D eigenvalue weighted by molar-refractivity contribution is 5.31. The highest BCUT2D eigenvalue weighted by atomic mass is 14.9. The predicted octanol–water partition coefficient (Wildman–Crippen LogP) is 3.64. The second kappa shape index (κ2) is 6.73. The average Bonchev–Trinajstić information content (AvgIpc) is 2.69. The van der Waals surface area contributed by atoms with E-state index in [0.29, 0.717) is 6.04 Å². The minimum Gasteiger partial charge on any atom is -0.313 e. The molecule has 20 heavy (non-hydrogen) atoms. The van der Waals surface area contributed by atoms with E-state index in [9.17, 15) is 0 Å². The van der Waals surface area contributed by atoms with Gasteiger partial charge < -0.3 is 10.6 Å². The summed E-state index contributed by atoms with van der Waals surface area (Å²) < 4.78 is 0. The molecule has 0 amide bonds. The fourth-order valence-corrected chi connectivity index (χ4v) is 3.86. The molecule has 2 nitrogen and oxygen atoms in total. The Bertz CT molecular complexity index is 429. The number of nitrogens with one attached hydrogen (secondary N) is 2. The molecule has 110 valence electrons. The van der Waals surface area contributed by atoms with Gasteiger partial charge in [-0.3, -0.25) is 0 Å². The lowest BCUT2D eigenvalue weighted by Crippen LogP contribution is -2.32. The highest BCUT2D eigenvalue weighted by Gasteiger charge is 2.23. The summed E-state index contributed by atoms with van der Waals surface area (Å²) in [5.41, 5.74) is 2.99. The van der Waals surface area contributed by atoms with Crippen LogP contribution in [0.2, 0.25) is 0 Å². The lowest BCUT2D eigenvalue weighted by atomic mass is 9.80. The van der Waals surface area contributed by atoms with E-state index in [4.69, 9.17) is 0 Å². The summed E-state index contributed by atoms with van der Waals surface area (Å²) >= 11 is 0. The summed E-state index contributed by atoms with van der Waals surface area (Å²) in [6.07, 6.45) is 6.92. The SMILES string of the molecule is CC1CCCCC1CNC1CCNCc2ccccc21. The Morgan fingerprint density at radius 1 is 1.15 bits per heavy atom. The van der Waals surface area contributed by atoms with E-state index in [1.54, 1.807) is 0 Å². The van der Waals surface area contributed by atoms with Crippen LogP contribution < -0.4 is 10.6 Å². The number of fused-ring (bicyclic) bond motifs is 1. The Balaban J connectivity index is 1.64. The highest BCUT2D eigenvalue weighted by Crippen LogP contribution is 2.30. The maximum atomic E-state index is 3.88. The molecule has 2 aliphatic rings. The van der Waals surface area contributed by atoms with Crippen molar-refractivity contribution in [1.82, 2.24) is 10.6 Å². The summed E-state index contributed by atoms with van der Waals surface area (Å²) in [6, 6.07) is 9.46. The van der Waals surface area contributed by atoms with Crippen LogP contribution in [0.4, 0.5) is 0 Å². The molecule has 1 aromatic carbocycles. The molecule has 0 spiro atoms. The van der Waals surface area contributed by atoms with E-state index in [0.717, 1.165) is 24.9 Å². The quantitative estimate of drug-likeness (QED) is 0.878. The van der Waals surface area contributed by atoms with Crippen molar-refractivity contribution in [3.63, 3.8) is 0 Å². The fourth-order valence-electron chi connectivity index (χ4n) is 3.86. The van der Waals surface area contributed by atoms with Crippen LogP contribution in [0.25, 0.3) is 0 Å². The monoisotopic (exact) mass is 272 g/mol. The third kappa shape index (κ3) is 3.24. The Labute approximate surface area is 123 Å². The van der Waals surface area contributed by atoms with Gasteiger partial charge in [0, 0.05) is 12.6 Å². The molecule has 0 bridgehead atoms. The van der Waals surface area contributed by atoms with Crippen molar-refractivity contribution in [2.75, 3.05) is 13.1 Å². The van der Waals surface area contributed by atoms with Crippen LogP contribution in [0.3, 0.4) is 0 Å². The third-order valence-electron chi connectivity index (χ3n) is 5.27. The van der Waals surface area contributed by atoms with Gasteiger partial charge in [0.15, 0.2) is 0 Å². The number of hydrogen-bond donors (Lipinski definition) is 2. The molecule has 0 radical (unpaired) electrons. The molecule has 1 aliphatic carbocycles. The molecule has 1 aliphatic heterocycles. The van der Waals surface area contributed by atoms with Gasteiger partial charge in [0.05, 0.1) is 0 Å².